The number of benzene rings is 2. The lowest BCUT2D eigenvalue weighted by molar-refractivity contribution is -0.119. The normalized spacial score (nSPS) is 14.7. The zero-order chi connectivity index (χ0) is 17.1. The van der Waals surface area contributed by atoms with Gasteiger partial charge in [0.05, 0.1) is 11.0 Å². The van der Waals surface area contributed by atoms with Crippen molar-refractivity contribution in [1.29, 1.82) is 0 Å². The molecule has 1 fully saturated rings. The molecule has 1 aliphatic rings. The third-order valence-corrected chi connectivity index (χ3v) is 4.77. The highest BCUT2D eigenvalue weighted by atomic mass is 16.1. The quantitative estimate of drug-likeness (QED) is 0.651. The van der Waals surface area contributed by atoms with Crippen LogP contribution in [0.4, 0.5) is 11.6 Å². The van der Waals surface area contributed by atoms with Gasteiger partial charge in [0, 0.05) is 18.2 Å². The van der Waals surface area contributed by atoms with Gasteiger partial charge in [0.1, 0.15) is 0 Å². The molecule has 0 radical (unpaired) electrons. The van der Waals surface area contributed by atoms with Crippen LogP contribution in [0.25, 0.3) is 11.0 Å². The number of aromatic amines is 1. The second kappa shape index (κ2) is 6.97. The molecule has 0 bridgehead atoms. The third kappa shape index (κ3) is 3.65. The SMILES string of the molecule is O=C(Nc1cccc(CNc2nc3ccccc3[nH]2)c1)C1CCCC1. The van der Waals surface area contributed by atoms with E-state index in [0.29, 0.717) is 6.54 Å². The summed E-state index contributed by atoms with van der Waals surface area (Å²) in [6.07, 6.45) is 4.36. The van der Waals surface area contributed by atoms with Crippen molar-refractivity contribution in [3.05, 3.63) is 54.1 Å². The summed E-state index contributed by atoms with van der Waals surface area (Å²) in [5, 5.41) is 6.36. The molecule has 25 heavy (non-hydrogen) atoms. The number of fused-ring (bicyclic) bond motifs is 1. The van der Waals surface area contributed by atoms with E-state index in [1.807, 2.05) is 48.5 Å². The summed E-state index contributed by atoms with van der Waals surface area (Å²) in [5.41, 5.74) is 3.93. The van der Waals surface area contributed by atoms with Gasteiger partial charge in [0.15, 0.2) is 0 Å². The minimum Gasteiger partial charge on any atom is -0.352 e. The van der Waals surface area contributed by atoms with Crippen LogP contribution in [-0.2, 0) is 11.3 Å². The Labute approximate surface area is 146 Å². The van der Waals surface area contributed by atoms with Crippen LogP contribution < -0.4 is 10.6 Å². The molecular formula is C20H22N4O. The highest BCUT2D eigenvalue weighted by Gasteiger charge is 2.22. The van der Waals surface area contributed by atoms with E-state index in [1.54, 1.807) is 0 Å². The average Bonchev–Trinajstić information content (AvgIpc) is 3.29. The van der Waals surface area contributed by atoms with E-state index in [4.69, 9.17) is 0 Å². The summed E-state index contributed by atoms with van der Waals surface area (Å²) in [6, 6.07) is 15.9. The fourth-order valence-corrected chi connectivity index (χ4v) is 3.41. The first-order valence-electron chi connectivity index (χ1n) is 8.86. The number of para-hydroxylation sites is 2. The minimum atomic E-state index is 0.153. The number of aromatic nitrogens is 2. The number of hydrogen-bond acceptors (Lipinski definition) is 3. The third-order valence-electron chi connectivity index (χ3n) is 4.77. The smallest absolute Gasteiger partial charge is 0.227 e. The number of nitrogens with zero attached hydrogens (tertiary/aromatic N) is 1. The van der Waals surface area contributed by atoms with Crippen molar-refractivity contribution >= 4 is 28.6 Å². The van der Waals surface area contributed by atoms with Gasteiger partial charge in [-0.3, -0.25) is 4.79 Å². The summed E-state index contributed by atoms with van der Waals surface area (Å²) in [7, 11) is 0. The monoisotopic (exact) mass is 334 g/mol. The van der Waals surface area contributed by atoms with Crippen LogP contribution in [-0.4, -0.2) is 15.9 Å². The largest absolute Gasteiger partial charge is 0.352 e. The molecule has 1 heterocycles. The van der Waals surface area contributed by atoms with Crippen molar-refractivity contribution in [3.8, 4) is 0 Å². The molecule has 0 spiro atoms. The molecule has 1 aliphatic carbocycles. The standard InChI is InChI=1S/C20H22N4O/c25-19(15-7-1-2-8-15)22-16-9-5-6-14(12-16)13-21-20-23-17-10-3-4-11-18(17)24-20/h3-6,9-12,15H,1-2,7-8,13H2,(H,22,25)(H2,21,23,24). The lowest BCUT2D eigenvalue weighted by Gasteiger charge is -2.11. The number of carbonyl (C=O) groups is 1. The van der Waals surface area contributed by atoms with Crippen molar-refractivity contribution in [3.63, 3.8) is 0 Å². The van der Waals surface area contributed by atoms with Gasteiger partial charge < -0.3 is 15.6 Å². The van der Waals surface area contributed by atoms with E-state index in [9.17, 15) is 4.79 Å². The van der Waals surface area contributed by atoms with Gasteiger partial charge in [-0.15, -0.1) is 0 Å². The summed E-state index contributed by atoms with van der Waals surface area (Å²) in [4.78, 5) is 20.0. The van der Waals surface area contributed by atoms with E-state index in [2.05, 4.69) is 20.6 Å². The Balaban J connectivity index is 1.39. The van der Waals surface area contributed by atoms with E-state index < -0.39 is 0 Å². The van der Waals surface area contributed by atoms with Gasteiger partial charge >= 0.3 is 0 Å². The highest BCUT2D eigenvalue weighted by molar-refractivity contribution is 5.92. The predicted octanol–water partition coefficient (Wildman–Crippen LogP) is 4.30. The van der Waals surface area contributed by atoms with Crippen LogP contribution >= 0.6 is 0 Å². The molecule has 2 aromatic carbocycles. The van der Waals surface area contributed by atoms with Crippen molar-refractivity contribution in [2.45, 2.75) is 32.2 Å². The fraction of sp³-hybridized carbons (Fsp3) is 0.300. The zero-order valence-corrected chi connectivity index (χ0v) is 14.1. The second-order valence-electron chi connectivity index (χ2n) is 6.63. The molecule has 0 aliphatic heterocycles. The van der Waals surface area contributed by atoms with Crippen LogP contribution in [0.15, 0.2) is 48.5 Å². The Morgan fingerprint density at radius 3 is 2.80 bits per heavy atom. The predicted molar refractivity (Wildman–Crippen MR) is 100 cm³/mol. The fourth-order valence-electron chi connectivity index (χ4n) is 3.41. The molecule has 0 saturated heterocycles. The van der Waals surface area contributed by atoms with E-state index in [-0.39, 0.29) is 11.8 Å². The molecule has 5 heteroatoms. The van der Waals surface area contributed by atoms with Gasteiger partial charge in [-0.25, -0.2) is 4.98 Å². The second-order valence-corrected chi connectivity index (χ2v) is 6.63. The molecule has 5 nitrogen and oxygen atoms in total. The first-order valence-corrected chi connectivity index (χ1v) is 8.86. The molecule has 128 valence electrons. The Morgan fingerprint density at radius 1 is 1.12 bits per heavy atom. The van der Waals surface area contributed by atoms with Crippen molar-refractivity contribution < 1.29 is 4.79 Å². The summed E-state index contributed by atoms with van der Waals surface area (Å²) < 4.78 is 0. The number of nitrogens with one attached hydrogen (secondary N) is 3. The van der Waals surface area contributed by atoms with Gasteiger partial charge in [0.25, 0.3) is 0 Å². The van der Waals surface area contributed by atoms with E-state index in [1.165, 1.54) is 12.8 Å². The number of rotatable bonds is 5. The maximum Gasteiger partial charge on any atom is 0.227 e. The molecule has 3 aromatic rings. The Bertz CT molecular complexity index is 847. The Morgan fingerprint density at radius 2 is 1.96 bits per heavy atom. The number of imidazole rings is 1. The molecule has 0 atom stereocenters. The summed E-state index contributed by atoms with van der Waals surface area (Å²) in [5.74, 6) is 1.08. The van der Waals surface area contributed by atoms with Gasteiger partial charge in [-0.1, -0.05) is 37.1 Å². The first-order chi connectivity index (χ1) is 12.3. The van der Waals surface area contributed by atoms with Gasteiger partial charge in [0.2, 0.25) is 11.9 Å². The molecule has 4 rings (SSSR count). The van der Waals surface area contributed by atoms with Crippen LogP contribution in [0.5, 0.6) is 0 Å². The van der Waals surface area contributed by atoms with Gasteiger partial charge in [-0.05, 0) is 42.7 Å². The maximum atomic E-state index is 12.3. The number of carbonyl (C=O) groups excluding carboxylic acids is 1. The molecule has 1 saturated carbocycles. The summed E-state index contributed by atoms with van der Waals surface area (Å²) in [6.45, 7) is 0.646. The van der Waals surface area contributed by atoms with Crippen LogP contribution in [0.3, 0.4) is 0 Å². The lowest BCUT2D eigenvalue weighted by Crippen LogP contribution is -2.20. The van der Waals surface area contributed by atoms with E-state index >= 15 is 0 Å². The summed E-state index contributed by atoms with van der Waals surface area (Å²) >= 11 is 0. The van der Waals surface area contributed by atoms with Crippen LogP contribution in [0, 0.1) is 5.92 Å². The number of hydrogen-bond donors (Lipinski definition) is 3. The van der Waals surface area contributed by atoms with Crippen molar-refractivity contribution in [1.82, 2.24) is 9.97 Å². The van der Waals surface area contributed by atoms with Crippen LogP contribution in [0.1, 0.15) is 31.2 Å². The van der Waals surface area contributed by atoms with Crippen molar-refractivity contribution in [2.75, 3.05) is 10.6 Å². The highest BCUT2D eigenvalue weighted by Crippen LogP contribution is 2.26. The Kier molecular flexibility index (Phi) is 4.37. The maximum absolute atomic E-state index is 12.3. The number of anilines is 2. The molecular weight excluding hydrogens is 312 g/mol. The first kappa shape index (κ1) is 15.7. The zero-order valence-electron chi connectivity index (χ0n) is 14.1. The van der Waals surface area contributed by atoms with Gasteiger partial charge in [-0.2, -0.15) is 0 Å². The number of amides is 1. The molecule has 1 aromatic heterocycles. The molecule has 1 amide bonds. The molecule has 0 unspecified atom stereocenters. The van der Waals surface area contributed by atoms with E-state index in [0.717, 1.165) is 41.1 Å². The average molecular weight is 334 g/mol. The molecule has 3 N–H and O–H groups in total. The minimum absolute atomic E-state index is 0.153. The number of H-pyrrole nitrogens is 1. The lowest BCUT2D eigenvalue weighted by atomic mass is 10.1. The van der Waals surface area contributed by atoms with Crippen LogP contribution in [0.2, 0.25) is 0 Å². The van der Waals surface area contributed by atoms with Crippen molar-refractivity contribution in [2.24, 2.45) is 5.92 Å². The Hall–Kier alpha value is -2.82. The topological polar surface area (TPSA) is 69.8 Å².